The predicted octanol–water partition coefficient (Wildman–Crippen LogP) is 3.75. The summed E-state index contributed by atoms with van der Waals surface area (Å²) in [6, 6.07) is 6.94. The number of aromatic nitrogens is 2. The Bertz CT molecular complexity index is 760. The molecule has 0 bridgehead atoms. The van der Waals surface area contributed by atoms with Crippen LogP contribution in [0.25, 0.3) is 0 Å². The minimum absolute atomic E-state index is 0.0508. The van der Waals surface area contributed by atoms with Crippen LogP contribution in [0.4, 0.5) is 11.6 Å². The molecule has 1 fully saturated rings. The molecular formula is C18H21ClN4O2. The molecule has 1 aromatic carbocycles. The average molecular weight is 361 g/mol. The second-order valence-corrected chi connectivity index (χ2v) is 6.62. The molecule has 1 aromatic heterocycles. The Balaban J connectivity index is 1.73. The largest absolute Gasteiger partial charge is 0.495 e. The minimum Gasteiger partial charge on any atom is -0.495 e. The van der Waals surface area contributed by atoms with Gasteiger partial charge in [-0.05, 0) is 43.0 Å². The van der Waals surface area contributed by atoms with Gasteiger partial charge in [0.1, 0.15) is 11.4 Å². The van der Waals surface area contributed by atoms with Crippen LogP contribution in [0.15, 0.2) is 30.5 Å². The van der Waals surface area contributed by atoms with Crippen molar-refractivity contribution in [1.29, 1.82) is 0 Å². The zero-order chi connectivity index (χ0) is 17.8. The summed E-state index contributed by atoms with van der Waals surface area (Å²) in [5.74, 6) is 1.57. The van der Waals surface area contributed by atoms with Gasteiger partial charge in [-0.1, -0.05) is 18.5 Å². The van der Waals surface area contributed by atoms with E-state index >= 15 is 0 Å². The maximum absolute atomic E-state index is 12.6. The lowest BCUT2D eigenvalue weighted by molar-refractivity contribution is 0.0691. The lowest BCUT2D eigenvalue weighted by Gasteiger charge is -2.30. The molecule has 0 atom stereocenters. The predicted molar refractivity (Wildman–Crippen MR) is 97.6 cm³/mol. The Kier molecular flexibility index (Phi) is 5.38. The summed E-state index contributed by atoms with van der Waals surface area (Å²) in [5, 5.41) is 3.56. The highest BCUT2D eigenvalue weighted by atomic mass is 35.5. The number of piperidine rings is 1. The van der Waals surface area contributed by atoms with Crippen LogP contribution < -0.4 is 10.1 Å². The highest BCUT2D eigenvalue weighted by molar-refractivity contribution is 6.32. The van der Waals surface area contributed by atoms with Gasteiger partial charge in [0.2, 0.25) is 5.95 Å². The molecule has 0 radical (unpaired) electrons. The monoisotopic (exact) mass is 360 g/mol. The average Bonchev–Trinajstić information content (AvgIpc) is 2.62. The van der Waals surface area contributed by atoms with Crippen LogP contribution in [0.5, 0.6) is 5.75 Å². The zero-order valence-corrected chi connectivity index (χ0v) is 15.1. The highest BCUT2D eigenvalue weighted by Gasteiger charge is 2.22. The molecule has 1 N–H and O–H groups in total. The van der Waals surface area contributed by atoms with Crippen LogP contribution in [0.1, 0.15) is 30.3 Å². The van der Waals surface area contributed by atoms with Gasteiger partial charge in [-0.2, -0.15) is 0 Å². The first-order chi connectivity index (χ1) is 12.1. The van der Waals surface area contributed by atoms with E-state index in [9.17, 15) is 4.79 Å². The van der Waals surface area contributed by atoms with E-state index in [4.69, 9.17) is 16.3 Å². The fourth-order valence-electron chi connectivity index (χ4n) is 2.78. The molecule has 0 spiro atoms. The molecular weight excluding hydrogens is 340 g/mol. The topological polar surface area (TPSA) is 67.3 Å². The number of anilines is 2. The van der Waals surface area contributed by atoms with Crippen molar-refractivity contribution in [3.8, 4) is 5.75 Å². The third-order valence-electron chi connectivity index (χ3n) is 4.35. The van der Waals surface area contributed by atoms with E-state index in [0.717, 1.165) is 31.6 Å². The number of benzene rings is 1. The van der Waals surface area contributed by atoms with Crippen molar-refractivity contribution in [1.82, 2.24) is 14.9 Å². The molecule has 0 unspecified atom stereocenters. The summed E-state index contributed by atoms with van der Waals surface area (Å²) < 4.78 is 5.13. The molecule has 1 amide bonds. The van der Waals surface area contributed by atoms with Crippen molar-refractivity contribution >= 4 is 29.1 Å². The van der Waals surface area contributed by atoms with Crippen LogP contribution >= 0.6 is 11.6 Å². The standard InChI is InChI=1S/C18H21ClN4O2/c1-12-6-9-23(10-7-12)17(24)15-5-8-20-18(22-15)21-13-3-4-16(25-2)14(19)11-13/h3-5,8,11-12H,6-7,9-10H2,1-2H3,(H,20,21,22). The second-order valence-electron chi connectivity index (χ2n) is 6.21. The molecule has 0 saturated carbocycles. The number of hydrogen-bond donors (Lipinski definition) is 1. The van der Waals surface area contributed by atoms with Gasteiger partial charge >= 0.3 is 0 Å². The van der Waals surface area contributed by atoms with Crippen LogP contribution in [0.2, 0.25) is 5.02 Å². The summed E-state index contributed by atoms with van der Waals surface area (Å²) in [6.07, 6.45) is 3.65. The fraction of sp³-hybridized carbons (Fsp3) is 0.389. The lowest BCUT2D eigenvalue weighted by atomic mass is 9.99. The van der Waals surface area contributed by atoms with E-state index in [1.165, 1.54) is 0 Å². The van der Waals surface area contributed by atoms with E-state index < -0.39 is 0 Å². The first-order valence-electron chi connectivity index (χ1n) is 8.29. The van der Waals surface area contributed by atoms with Gasteiger partial charge in [0.15, 0.2) is 0 Å². The van der Waals surface area contributed by atoms with Crippen molar-refractivity contribution in [3.05, 3.63) is 41.2 Å². The van der Waals surface area contributed by atoms with Crippen LogP contribution in [0.3, 0.4) is 0 Å². The van der Waals surface area contributed by atoms with Crippen molar-refractivity contribution in [2.24, 2.45) is 5.92 Å². The normalized spacial score (nSPS) is 15.1. The van der Waals surface area contributed by atoms with E-state index in [1.54, 1.807) is 31.5 Å². The summed E-state index contributed by atoms with van der Waals surface area (Å²) in [7, 11) is 1.56. The number of amides is 1. The van der Waals surface area contributed by atoms with Gasteiger partial charge < -0.3 is 15.0 Å². The van der Waals surface area contributed by atoms with E-state index in [0.29, 0.717) is 28.3 Å². The van der Waals surface area contributed by atoms with Gasteiger partial charge in [0.05, 0.1) is 12.1 Å². The Morgan fingerprint density at radius 1 is 1.32 bits per heavy atom. The SMILES string of the molecule is COc1ccc(Nc2nccc(C(=O)N3CCC(C)CC3)n2)cc1Cl. The maximum Gasteiger partial charge on any atom is 0.272 e. The number of nitrogens with zero attached hydrogens (tertiary/aromatic N) is 3. The summed E-state index contributed by atoms with van der Waals surface area (Å²) in [4.78, 5) is 23.0. The molecule has 6 nitrogen and oxygen atoms in total. The number of ether oxygens (including phenoxy) is 1. The van der Waals surface area contributed by atoms with Crippen molar-refractivity contribution < 1.29 is 9.53 Å². The van der Waals surface area contributed by atoms with Gasteiger partial charge in [0, 0.05) is 25.0 Å². The Hall–Kier alpha value is -2.34. The van der Waals surface area contributed by atoms with E-state index in [1.807, 2.05) is 11.0 Å². The van der Waals surface area contributed by atoms with Gasteiger partial charge in [0.25, 0.3) is 5.91 Å². The minimum atomic E-state index is -0.0508. The maximum atomic E-state index is 12.6. The van der Waals surface area contributed by atoms with Crippen molar-refractivity contribution in [2.45, 2.75) is 19.8 Å². The molecule has 0 aliphatic carbocycles. The highest BCUT2D eigenvalue weighted by Crippen LogP contribution is 2.28. The number of carbonyl (C=O) groups excluding carboxylic acids is 1. The number of methoxy groups -OCH3 is 1. The fourth-order valence-corrected chi connectivity index (χ4v) is 3.04. The summed E-state index contributed by atoms with van der Waals surface area (Å²) in [6.45, 7) is 3.77. The Morgan fingerprint density at radius 2 is 2.08 bits per heavy atom. The van der Waals surface area contributed by atoms with Gasteiger partial charge in [-0.3, -0.25) is 4.79 Å². The molecule has 1 saturated heterocycles. The number of carbonyl (C=O) groups is 1. The molecule has 25 heavy (non-hydrogen) atoms. The van der Waals surface area contributed by atoms with Gasteiger partial charge in [-0.15, -0.1) is 0 Å². The number of halogens is 1. The molecule has 2 heterocycles. The van der Waals surface area contributed by atoms with Crippen LogP contribution in [0, 0.1) is 5.92 Å². The second kappa shape index (κ2) is 7.70. The first kappa shape index (κ1) is 17.5. The number of hydrogen-bond acceptors (Lipinski definition) is 5. The zero-order valence-electron chi connectivity index (χ0n) is 14.3. The van der Waals surface area contributed by atoms with E-state index in [-0.39, 0.29) is 5.91 Å². The molecule has 3 rings (SSSR count). The molecule has 2 aromatic rings. The Labute approximate surface area is 152 Å². The number of likely N-dealkylation sites (tertiary alicyclic amines) is 1. The summed E-state index contributed by atoms with van der Waals surface area (Å²) in [5.41, 5.74) is 1.12. The van der Waals surface area contributed by atoms with Gasteiger partial charge in [-0.25, -0.2) is 9.97 Å². The quantitative estimate of drug-likeness (QED) is 0.899. The molecule has 1 aliphatic rings. The number of rotatable bonds is 4. The number of nitrogens with one attached hydrogen (secondary N) is 1. The summed E-state index contributed by atoms with van der Waals surface area (Å²) >= 11 is 6.12. The molecule has 7 heteroatoms. The third kappa shape index (κ3) is 4.20. The smallest absolute Gasteiger partial charge is 0.272 e. The van der Waals surface area contributed by atoms with Crippen LogP contribution in [-0.2, 0) is 0 Å². The molecule has 132 valence electrons. The Morgan fingerprint density at radius 3 is 2.76 bits per heavy atom. The lowest BCUT2D eigenvalue weighted by Crippen LogP contribution is -2.38. The van der Waals surface area contributed by atoms with Crippen molar-refractivity contribution in [3.63, 3.8) is 0 Å². The first-order valence-corrected chi connectivity index (χ1v) is 8.67. The molecule has 1 aliphatic heterocycles. The van der Waals surface area contributed by atoms with Crippen molar-refractivity contribution in [2.75, 3.05) is 25.5 Å². The van der Waals surface area contributed by atoms with E-state index in [2.05, 4.69) is 22.2 Å². The van der Waals surface area contributed by atoms with Crippen LogP contribution in [-0.4, -0.2) is 41.0 Å². The third-order valence-corrected chi connectivity index (χ3v) is 4.65.